The Balaban J connectivity index is 0.664. The van der Waals surface area contributed by atoms with E-state index in [2.05, 4.69) is 66.1 Å². The minimum Gasteiger partial charge on any atom is -0.388 e. The lowest BCUT2D eigenvalue weighted by atomic mass is 9.92. The molecule has 2 N–H and O–H groups in total. The van der Waals surface area contributed by atoms with E-state index in [1.807, 2.05) is 43.1 Å². The van der Waals surface area contributed by atoms with Crippen LogP contribution in [0.5, 0.6) is 0 Å². The number of imide groups is 1. The first kappa shape index (κ1) is 46.9. The van der Waals surface area contributed by atoms with Crippen LogP contribution in [-0.4, -0.2) is 129 Å². The molecule has 1 aliphatic carbocycles. The van der Waals surface area contributed by atoms with Crippen molar-refractivity contribution in [1.82, 2.24) is 39.0 Å². The minimum absolute atomic E-state index is 0.00520. The highest BCUT2D eigenvalue weighted by molar-refractivity contribution is 6.15. The number of aryl methyl sites for hydroxylation is 2. The summed E-state index contributed by atoms with van der Waals surface area (Å²) >= 11 is 0. The smallest absolute Gasteiger partial charge is 0.257 e. The molecular weight excluding hydrogens is 900 g/mol. The van der Waals surface area contributed by atoms with E-state index in [0.717, 1.165) is 115 Å². The number of carbonyl (C=O) groups excluding carboxylic acids is 4. The van der Waals surface area contributed by atoms with Gasteiger partial charge in [-0.1, -0.05) is 18.2 Å². The Morgan fingerprint density at radius 2 is 1.72 bits per heavy atom. The molecule has 0 radical (unpaired) electrons. The van der Waals surface area contributed by atoms with Gasteiger partial charge in [0, 0.05) is 144 Å². The van der Waals surface area contributed by atoms with Gasteiger partial charge in [0.05, 0.1) is 11.1 Å². The lowest BCUT2D eigenvalue weighted by Gasteiger charge is -2.42. The van der Waals surface area contributed by atoms with Crippen LogP contribution in [0.3, 0.4) is 0 Å². The average Bonchev–Trinajstić information content (AvgIpc) is 4.07. The van der Waals surface area contributed by atoms with E-state index in [1.165, 1.54) is 11.6 Å². The molecule has 6 aliphatic rings. The normalized spacial score (nSPS) is 22.0. The van der Waals surface area contributed by atoms with Crippen LogP contribution in [0.2, 0.25) is 0 Å². The molecule has 11 rings (SSSR count). The maximum atomic E-state index is 16.1. The second-order valence-corrected chi connectivity index (χ2v) is 20.9. The van der Waals surface area contributed by atoms with Crippen molar-refractivity contribution < 1.29 is 23.6 Å². The molecule has 1 saturated carbocycles. The van der Waals surface area contributed by atoms with E-state index in [4.69, 9.17) is 0 Å². The summed E-state index contributed by atoms with van der Waals surface area (Å²) in [4.78, 5) is 80.8. The number of nitrogens with zero attached hydrogens (tertiary/aromatic N) is 8. The second kappa shape index (κ2) is 18.6. The summed E-state index contributed by atoms with van der Waals surface area (Å²) in [7, 11) is 3.79. The van der Waals surface area contributed by atoms with Crippen LogP contribution in [0.4, 0.5) is 15.8 Å². The fourth-order valence-corrected chi connectivity index (χ4v) is 12.2. The topological polar surface area (TPSA) is 148 Å². The molecule has 2 aromatic carbocycles. The summed E-state index contributed by atoms with van der Waals surface area (Å²) in [5.41, 5.74) is 8.50. The summed E-state index contributed by atoms with van der Waals surface area (Å²) in [6, 6.07) is 16.7. The lowest BCUT2D eigenvalue weighted by Crippen LogP contribution is -2.54. The summed E-state index contributed by atoms with van der Waals surface area (Å²) in [6.45, 7) is 12.2. The molecule has 0 unspecified atom stereocenters. The second-order valence-electron chi connectivity index (χ2n) is 20.9. The molecule has 4 fully saturated rings. The number of amides is 4. The largest absolute Gasteiger partial charge is 0.388 e. The van der Waals surface area contributed by atoms with Crippen LogP contribution in [0.1, 0.15) is 90.2 Å². The number of piperidine rings is 2. The van der Waals surface area contributed by atoms with Gasteiger partial charge in [-0.15, -0.1) is 0 Å². The number of benzene rings is 2. The predicted molar refractivity (Wildman–Crippen MR) is 271 cm³/mol. The zero-order chi connectivity index (χ0) is 49.3. The molecule has 4 amide bonds. The van der Waals surface area contributed by atoms with Gasteiger partial charge in [-0.05, 0) is 117 Å². The van der Waals surface area contributed by atoms with Crippen molar-refractivity contribution in [2.24, 2.45) is 13.0 Å². The van der Waals surface area contributed by atoms with Crippen LogP contribution in [0.15, 0.2) is 77.9 Å². The molecule has 0 bridgehead atoms. The molecule has 5 aromatic rings. The third-order valence-electron chi connectivity index (χ3n) is 16.4. The highest BCUT2D eigenvalue weighted by Crippen LogP contribution is 2.58. The highest BCUT2D eigenvalue weighted by atomic mass is 19.1. The average molecular weight is 963 g/mol. The molecule has 8 heterocycles. The molecule has 15 nitrogen and oxygen atoms in total. The molecule has 16 heteroatoms. The van der Waals surface area contributed by atoms with E-state index in [-0.39, 0.29) is 41.4 Å². The first-order valence-corrected chi connectivity index (χ1v) is 25.4. The summed E-state index contributed by atoms with van der Waals surface area (Å²) in [5.74, 6) is -0.658. The lowest BCUT2D eigenvalue weighted by molar-refractivity contribution is -0.135. The molecule has 5 aliphatic heterocycles. The number of fused-ring (bicyclic) bond motifs is 3. The van der Waals surface area contributed by atoms with E-state index in [1.54, 1.807) is 35.0 Å². The van der Waals surface area contributed by atoms with Crippen LogP contribution >= 0.6 is 0 Å². The van der Waals surface area contributed by atoms with E-state index in [0.29, 0.717) is 62.1 Å². The summed E-state index contributed by atoms with van der Waals surface area (Å²) in [6.07, 6.45) is 10.3. The van der Waals surface area contributed by atoms with Gasteiger partial charge in [0.1, 0.15) is 17.5 Å². The molecular formula is C55H63FN10O5. The maximum absolute atomic E-state index is 16.1. The number of rotatable bonds is 11. The molecule has 71 heavy (non-hydrogen) atoms. The summed E-state index contributed by atoms with van der Waals surface area (Å²) in [5, 5.41) is 6.34. The minimum atomic E-state index is -0.646. The third-order valence-corrected chi connectivity index (χ3v) is 16.4. The van der Waals surface area contributed by atoms with Gasteiger partial charge in [-0.25, -0.2) is 9.37 Å². The van der Waals surface area contributed by atoms with Crippen molar-refractivity contribution in [3.8, 4) is 5.69 Å². The molecule has 2 atom stereocenters. The molecule has 3 aromatic heterocycles. The first-order chi connectivity index (χ1) is 34.3. The van der Waals surface area contributed by atoms with Gasteiger partial charge < -0.3 is 14.8 Å². The Hall–Kier alpha value is -6.49. The standard InChI is InChI=1S/C55H63FN10O5/c1-34-25-39(27-44(56)50(34)38-12-18-61(19-13-38)33-41-29-42-45(9-17-58-51(42)60(41)4)65-22-14-40(57-3)28-49(65)68)53(70)63-20-10-36(11-21-63)32-64-24-23-62(30-35(64)2)31-37-5-6-46-43(26-37)55(15-16-55)54(71)66(46)47-7-8-48(67)59-52(47)69/h5-6,9,12,14,17,22,25-29,35-36,47,57H,7-8,10-11,13,15-16,18-21,23-24,30-33H2,1-4H3,(H,59,67,69)/t35-,47+/m0/s1. The number of likely N-dealkylation sites (tertiary alicyclic amines) is 1. The zero-order valence-electron chi connectivity index (χ0n) is 41.2. The van der Waals surface area contributed by atoms with Crippen molar-refractivity contribution in [2.45, 2.75) is 89.4 Å². The molecule has 370 valence electrons. The van der Waals surface area contributed by atoms with Crippen molar-refractivity contribution in [3.63, 3.8) is 0 Å². The van der Waals surface area contributed by atoms with E-state index in [9.17, 15) is 24.0 Å². The number of hydrogen-bond acceptors (Lipinski definition) is 10. The monoisotopic (exact) mass is 962 g/mol. The number of anilines is 2. The number of nitrogens with one attached hydrogen (secondary N) is 2. The Kier molecular flexibility index (Phi) is 12.3. The first-order valence-electron chi connectivity index (χ1n) is 25.4. The Bertz CT molecular complexity index is 3050. The Morgan fingerprint density at radius 3 is 2.42 bits per heavy atom. The van der Waals surface area contributed by atoms with Crippen LogP contribution in [0, 0.1) is 18.7 Å². The zero-order valence-corrected chi connectivity index (χ0v) is 41.2. The van der Waals surface area contributed by atoms with Gasteiger partial charge in [-0.3, -0.25) is 53.5 Å². The number of pyridine rings is 2. The quantitative estimate of drug-likeness (QED) is 0.157. The highest BCUT2D eigenvalue weighted by Gasteiger charge is 2.61. The van der Waals surface area contributed by atoms with Crippen molar-refractivity contribution >= 4 is 51.6 Å². The number of halogens is 1. The van der Waals surface area contributed by atoms with Gasteiger partial charge in [0.2, 0.25) is 17.7 Å². The van der Waals surface area contributed by atoms with Crippen LogP contribution in [-0.2, 0) is 39.9 Å². The van der Waals surface area contributed by atoms with Crippen molar-refractivity contribution in [1.29, 1.82) is 0 Å². The molecule has 3 saturated heterocycles. The Morgan fingerprint density at radius 1 is 0.901 bits per heavy atom. The number of carbonyl (C=O) groups is 4. The SMILES string of the molecule is CNc1ccn(-c2ccnc3c2cc(CN2CC=C(c4c(C)cc(C(=O)N5CCC(CN6CCN(Cc7ccc8c(c7)C7(CC7)C(=O)N8[C@@H]7CCC(=O)NC7=O)C[C@@H]6C)CC5)cc4F)CC2)n3C)c(=O)c1. The van der Waals surface area contributed by atoms with Crippen molar-refractivity contribution in [2.75, 3.05) is 69.6 Å². The summed E-state index contributed by atoms with van der Waals surface area (Å²) < 4.78 is 19.8. The van der Waals surface area contributed by atoms with Gasteiger partial charge in [0.25, 0.3) is 11.5 Å². The van der Waals surface area contributed by atoms with Crippen LogP contribution in [0.25, 0.3) is 22.3 Å². The van der Waals surface area contributed by atoms with Gasteiger partial charge >= 0.3 is 0 Å². The predicted octanol–water partition coefficient (Wildman–Crippen LogP) is 5.74. The Labute approximate surface area is 413 Å². The molecule has 1 spiro atoms. The van der Waals surface area contributed by atoms with E-state index < -0.39 is 11.5 Å². The van der Waals surface area contributed by atoms with Gasteiger partial charge in [0.15, 0.2) is 0 Å². The van der Waals surface area contributed by atoms with Crippen LogP contribution < -0.4 is 21.1 Å². The number of piperazine rings is 1. The van der Waals surface area contributed by atoms with E-state index >= 15 is 4.39 Å². The number of hydrogen-bond donors (Lipinski definition) is 2. The third kappa shape index (κ3) is 8.67. The maximum Gasteiger partial charge on any atom is 0.257 e. The van der Waals surface area contributed by atoms with Gasteiger partial charge in [-0.2, -0.15) is 0 Å². The number of aromatic nitrogens is 3. The van der Waals surface area contributed by atoms with Crippen molar-refractivity contribution in [3.05, 3.63) is 123 Å². The fraction of sp³-hybridized carbons (Fsp3) is 0.455. The fourth-order valence-electron chi connectivity index (χ4n) is 12.2.